The number of anilines is 1. The number of amides is 1. The van der Waals surface area contributed by atoms with Crippen LogP contribution < -0.4 is 10.6 Å². The van der Waals surface area contributed by atoms with Crippen molar-refractivity contribution in [2.24, 2.45) is 0 Å². The first-order valence-corrected chi connectivity index (χ1v) is 8.52. The highest BCUT2D eigenvalue weighted by atomic mass is 19.1. The fourth-order valence-electron chi connectivity index (χ4n) is 2.41. The molecule has 0 atom stereocenters. The molecular formula is C19H18F2N6O. The van der Waals surface area contributed by atoms with Crippen molar-refractivity contribution < 1.29 is 13.6 Å². The lowest BCUT2D eigenvalue weighted by atomic mass is 10.2. The van der Waals surface area contributed by atoms with Crippen LogP contribution in [0.5, 0.6) is 0 Å². The van der Waals surface area contributed by atoms with E-state index in [2.05, 4.69) is 25.7 Å². The van der Waals surface area contributed by atoms with E-state index in [4.69, 9.17) is 0 Å². The van der Waals surface area contributed by atoms with Gasteiger partial charge in [-0.25, -0.2) is 23.4 Å². The lowest BCUT2D eigenvalue weighted by Crippen LogP contribution is -2.27. The van der Waals surface area contributed by atoms with Crippen molar-refractivity contribution in [2.45, 2.75) is 6.92 Å². The highest BCUT2D eigenvalue weighted by molar-refractivity contribution is 5.91. The molecule has 0 aliphatic rings. The van der Waals surface area contributed by atoms with Gasteiger partial charge in [0.15, 0.2) is 5.82 Å². The standard InChI is InChI=1S/C19H18F2N6O/c1-13-25-17(12-18(26-13)27-10-2-7-24-27)22-8-9-23-19(28)6-3-14-11-15(20)4-5-16(14)21/h2-7,10-12H,8-9H2,1H3,(H,23,28)(H,22,25,26)/b6-3+. The molecule has 2 N–H and O–H groups in total. The highest BCUT2D eigenvalue weighted by Crippen LogP contribution is 2.11. The van der Waals surface area contributed by atoms with Gasteiger partial charge in [-0.1, -0.05) is 0 Å². The summed E-state index contributed by atoms with van der Waals surface area (Å²) in [5, 5.41) is 9.87. The molecule has 7 nitrogen and oxygen atoms in total. The van der Waals surface area contributed by atoms with Gasteiger partial charge in [0, 0.05) is 43.2 Å². The van der Waals surface area contributed by atoms with Gasteiger partial charge in [-0.05, 0) is 37.3 Å². The monoisotopic (exact) mass is 384 g/mol. The molecule has 0 spiro atoms. The number of halogens is 2. The van der Waals surface area contributed by atoms with Gasteiger partial charge < -0.3 is 10.6 Å². The zero-order chi connectivity index (χ0) is 19.9. The maximum atomic E-state index is 13.5. The first-order valence-electron chi connectivity index (χ1n) is 8.52. The summed E-state index contributed by atoms with van der Waals surface area (Å²) in [6, 6.07) is 6.59. The Morgan fingerprint density at radius 3 is 2.86 bits per heavy atom. The molecule has 0 fully saturated rings. The van der Waals surface area contributed by atoms with Crippen molar-refractivity contribution in [3.63, 3.8) is 0 Å². The van der Waals surface area contributed by atoms with E-state index in [1.165, 1.54) is 6.08 Å². The fraction of sp³-hybridized carbons (Fsp3) is 0.158. The van der Waals surface area contributed by atoms with Crippen molar-refractivity contribution in [2.75, 3.05) is 18.4 Å². The smallest absolute Gasteiger partial charge is 0.244 e. The highest BCUT2D eigenvalue weighted by Gasteiger charge is 2.05. The van der Waals surface area contributed by atoms with Crippen LogP contribution in [-0.2, 0) is 4.79 Å². The molecule has 1 aromatic carbocycles. The minimum absolute atomic E-state index is 0.0101. The number of hydrogen-bond donors (Lipinski definition) is 2. The number of benzene rings is 1. The van der Waals surface area contributed by atoms with E-state index in [-0.39, 0.29) is 5.56 Å². The van der Waals surface area contributed by atoms with Gasteiger partial charge in [-0.2, -0.15) is 5.10 Å². The summed E-state index contributed by atoms with van der Waals surface area (Å²) < 4.78 is 28.2. The van der Waals surface area contributed by atoms with E-state index < -0.39 is 17.5 Å². The molecule has 0 aliphatic carbocycles. The number of carbonyl (C=O) groups excluding carboxylic acids is 1. The molecule has 144 valence electrons. The van der Waals surface area contributed by atoms with Crippen molar-refractivity contribution >= 4 is 17.8 Å². The fourth-order valence-corrected chi connectivity index (χ4v) is 2.41. The van der Waals surface area contributed by atoms with E-state index in [0.29, 0.717) is 30.5 Å². The lowest BCUT2D eigenvalue weighted by molar-refractivity contribution is -0.116. The number of hydrogen-bond acceptors (Lipinski definition) is 5. The number of nitrogens with one attached hydrogen (secondary N) is 2. The molecule has 28 heavy (non-hydrogen) atoms. The van der Waals surface area contributed by atoms with Crippen LogP contribution in [0.25, 0.3) is 11.9 Å². The van der Waals surface area contributed by atoms with Crippen molar-refractivity contribution in [1.29, 1.82) is 0 Å². The second kappa shape index (κ2) is 8.85. The first-order chi connectivity index (χ1) is 13.5. The molecule has 9 heteroatoms. The Morgan fingerprint density at radius 1 is 1.21 bits per heavy atom. The molecule has 0 saturated carbocycles. The van der Waals surface area contributed by atoms with Crippen LogP contribution in [-0.4, -0.2) is 38.7 Å². The number of nitrogens with zero attached hydrogens (tertiary/aromatic N) is 4. The Hall–Kier alpha value is -3.62. The van der Waals surface area contributed by atoms with Gasteiger partial charge in [0.25, 0.3) is 0 Å². The van der Waals surface area contributed by atoms with Crippen LogP contribution in [0.1, 0.15) is 11.4 Å². The quantitative estimate of drug-likeness (QED) is 0.483. The minimum Gasteiger partial charge on any atom is -0.368 e. The average Bonchev–Trinajstić information content (AvgIpc) is 3.20. The third-order valence-electron chi connectivity index (χ3n) is 3.67. The first kappa shape index (κ1) is 19.2. The van der Waals surface area contributed by atoms with Crippen LogP contribution in [0, 0.1) is 18.6 Å². The molecule has 3 rings (SSSR count). The van der Waals surface area contributed by atoms with E-state index >= 15 is 0 Å². The molecule has 0 aliphatic heterocycles. The van der Waals surface area contributed by atoms with Crippen molar-refractivity contribution in [3.05, 3.63) is 71.8 Å². The second-order valence-electron chi connectivity index (χ2n) is 5.83. The molecule has 2 aromatic heterocycles. The van der Waals surface area contributed by atoms with Gasteiger partial charge in [0.2, 0.25) is 5.91 Å². The van der Waals surface area contributed by atoms with Crippen molar-refractivity contribution in [3.8, 4) is 5.82 Å². The average molecular weight is 384 g/mol. The summed E-state index contributed by atoms with van der Waals surface area (Å²) in [7, 11) is 0. The molecule has 2 heterocycles. The SMILES string of the molecule is Cc1nc(NCCNC(=O)/C=C/c2cc(F)ccc2F)cc(-n2cccn2)n1. The van der Waals surface area contributed by atoms with Crippen LogP contribution in [0.2, 0.25) is 0 Å². The molecule has 0 bridgehead atoms. The second-order valence-corrected chi connectivity index (χ2v) is 5.83. The van der Waals surface area contributed by atoms with E-state index in [1.54, 1.807) is 36.1 Å². The third-order valence-corrected chi connectivity index (χ3v) is 3.67. The van der Waals surface area contributed by atoms with Gasteiger partial charge in [-0.15, -0.1) is 0 Å². The van der Waals surface area contributed by atoms with E-state index in [1.807, 2.05) is 0 Å². The Balaban J connectivity index is 1.50. The Morgan fingerprint density at radius 2 is 2.07 bits per heavy atom. The molecule has 0 saturated heterocycles. The third kappa shape index (κ3) is 5.19. The number of rotatable bonds is 7. The van der Waals surface area contributed by atoms with Crippen LogP contribution in [0.3, 0.4) is 0 Å². The van der Waals surface area contributed by atoms with Crippen LogP contribution in [0.4, 0.5) is 14.6 Å². The largest absolute Gasteiger partial charge is 0.368 e. The van der Waals surface area contributed by atoms with E-state index in [0.717, 1.165) is 24.3 Å². The number of aromatic nitrogens is 4. The molecule has 3 aromatic rings. The zero-order valence-corrected chi connectivity index (χ0v) is 15.1. The molecular weight excluding hydrogens is 366 g/mol. The van der Waals surface area contributed by atoms with Crippen LogP contribution >= 0.6 is 0 Å². The van der Waals surface area contributed by atoms with Gasteiger partial charge in [0.1, 0.15) is 23.3 Å². The van der Waals surface area contributed by atoms with Gasteiger partial charge >= 0.3 is 0 Å². The summed E-state index contributed by atoms with van der Waals surface area (Å²) in [6.45, 7) is 2.51. The van der Waals surface area contributed by atoms with Gasteiger partial charge in [0.05, 0.1) is 0 Å². The normalized spacial score (nSPS) is 11.0. The molecule has 0 unspecified atom stereocenters. The minimum atomic E-state index is -0.598. The number of carbonyl (C=O) groups is 1. The Kier molecular flexibility index (Phi) is 6.05. The summed E-state index contributed by atoms with van der Waals surface area (Å²) in [4.78, 5) is 20.4. The maximum absolute atomic E-state index is 13.5. The Labute approximate surface area is 160 Å². The summed E-state index contributed by atoms with van der Waals surface area (Å²) in [6.07, 6.45) is 5.82. The summed E-state index contributed by atoms with van der Waals surface area (Å²) in [5.41, 5.74) is 0.0101. The molecule has 0 radical (unpaired) electrons. The van der Waals surface area contributed by atoms with E-state index in [9.17, 15) is 13.6 Å². The maximum Gasteiger partial charge on any atom is 0.244 e. The van der Waals surface area contributed by atoms with Crippen LogP contribution in [0.15, 0.2) is 48.8 Å². The summed E-state index contributed by atoms with van der Waals surface area (Å²) in [5.74, 6) is 0.231. The van der Waals surface area contributed by atoms with Gasteiger partial charge in [-0.3, -0.25) is 4.79 Å². The number of aryl methyl sites for hydroxylation is 1. The Bertz CT molecular complexity index is 988. The molecule has 1 amide bonds. The predicted molar refractivity (Wildman–Crippen MR) is 101 cm³/mol. The lowest BCUT2D eigenvalue weighted by Gasteiger charge is -2.09. The predicted octanol–water partition coefficient (Wildman–Crippen LogP) is 2.49. The van der Waals surface area contributed by atoms with Crippen molar-refractivity contribution in [1.82, 2.24) is 25.1 Å². The zero-order valence-electron chi connectivity index (χ0n) is 15.1. The topological polar surface area (TPSA) is 84.7 Å². The summed E-state index contributed by atoms with van der Waals surface area (Å²) >= 11 is 0.